The van der Waals surface area contributed by atoms with Gasteiger partial charge in [0.15, 0.2) is 46.2 Å². The lowest BCUT2D eigenvalue weighted by molar-refractivity contribution is -0.323. The number of fused-ring (bicyclic) bond motifs is 1. The highest BCUT2D eigenvalue weighted by atomic mass is 16.7. The summed E-state index contributed by atoms with van der Waals surface area (Å²) in [5.74, 6) is -2.00. The predicted octanol–water partition coefficient (Wildman–Crippen LogP) is -0.179. The minimum Gasteiger partial charge on any atom is -0.507 e. The molecule has 59 heavy (non-hydrogen) atoms. The summed E-state index contributed by atoms with van der Waals surface area (Å²) in [6.45, 7) is -1.31. The zero-order chi connectivity index (χ0) is 42.7. The Kier molecular flexibility index (Phi) is 13.1. The fourth-order valence-electron chi connectivity index (χ4n) is 6.33. The summed E-state index contributed by atoms with van der Waals surface area (Å²) in [7, 11) is 3.97. The Morgan fingerprint density at radius 3 is 1.93 bits per heavy atom. The first kappa shape index (κ1) is 42.9. The van der Waals surface area contributed by atoms with E-state index in [1.54, 1.807) is 0 Å². The van der Waals surface area contributed by atoms with Crippen LogP contribution >= 0.6 is 0 Å². The van der Waals surface area contributed by atoms with Crippen LogP contribution in [0, 0.1) is 0 Å². The molecule has 0 spiro atoms. The Morgan fingerprint density at radius 1 is 0.678 bits per heavy atom. The van der Waals surface area contributed by atoms with Crippen molar-refractivity contribution in [2.45, 2.75) is 61.4 Å². The van der Waals surface area contributed by atoms with Crippen molar-refractivity contribution >= 4 is 12.0 Å². The van der Waals surface area contributed by atoms with Crippen LogP contribution in [0.15, 0.2) is 63.8 Å². The van der Waals surface area contributed by atoms with E-state index in [2.05, 4.69) is 0 Å². The molecule has 3 heterocycles. The number of hydrogen-bond acceptors (Lipinski definition) is 20. The standard InChI is InChI=1S/C39H42O20/c1-51-23-10-17(5-6-20(23)41)37-26(13-19-21(42)11-18(40)12-22(19)56-37)57-39-36(50)34(48)32(46)28(59-39)15-55-38-35(49)33(47)31(45)27(58-38)14-54-29(43)7-4-16-8-24(52-2)30(44)25(9-16)53-3/h4-13,27-28,31-36,38-39,41-42,44-50H,14-15H2,1-3H3/t27-,28-,31-,32-,33+,34+,35-,36-,38-,39-/m1/s1. The van der Waals surface area contributed by atoms with E-state index >= 15 is 0 Å². The van der Waals surface area contributed by atoms with Gasteiger partial charge >= 0.3 is 5.97 Å². The number of esters is 1. The predicted molar refractivity (Wildman–Crippen MR) is 198 cm³/mol. The first-order chi connectivity index (χ1) is 28.1. The molecule has 6 rings (SSSR count). The summed E-state index contributed by atoms with van der Waals surface area (Å²) in [4.78, 5) is 24.7. The van der Waals surface area contributed by atoms with Crippen molar-refractivity contribution in [1.82, 2.24) is 0 Å². The number of rotatable bonds is 13. The molecule has 0 amide bonds. The third-order valence-electron chi connectivity index (χ3n) is 9.56. The zero-order valence-corrected chi connectivity index (χ0v) is 31.5. The number of aliphatic hydroxyl groups excluding tert-OH is 6. The van der Waals surface area contributed by atoms with E-state index in [9.17, 15) is 55.5 Å². The number of aromatic hydroxyl groups is 3. The van der Waals surface area contributed by atoms with Crippen molar-refractivity contribution in [1.29, 1.82) is 0 Å². The summed E-state index contributed by atoms with van der Waals surface area (Å²) >= 11 is 0. The van der Waals surface area contributed by atoms with Gasteiger partial charge in [0, 0.05) is 23.8 Å². The quantitative estimate of drug-likeness (QED) is 0.0624. The number of ether oxygens (including phenoxy) is 8. The van der Waals surface area contributed by atoms with E-state index in [4.69, 9.17) is 42.3 Å². The molecule has 0 unspecified atom stereocenters. The normalized spacial score (nSPS) is 27.1. The maximum absolute atomic E-state index is 12.5. The third kappa shape index (κ3) is 9.15. The van der Waals surface area contributed by atoms with Gasteiger partial charge in [-0.3, -0.25) is 4.79 Å². The van der Waals surface area contributed by atoms with E-state index in [1.807, 2.05) is 0 Å². The number of phenols is 3. The highest BCUT2D eigenvalue weighted by Crippen LogP contribution is 2.43. The number of hydrogen-bond donors (Lipinski definition) is 9. The van der Waals surface area contributed by atoms with Gasteiger partial charge in [-0.1, -0.05) is 0 Å². The molecule has 2 saturated heterocycles. The molecule has 2 aromatic rings. The van der Waals surface area contributed by atoms with Crippen molar-refractivity contribution in [2.75, 3.05) is 34.5 Å². The largest absolute Gasteiger partial charge is 0.507 e. The molecule has 9 N–H and O–H groups in total. The highest BCUT2D eigenvalue weighted by molar-refractivity contribution is 5.87. The van der Waals surface area contributed by atoms with Crippen LogP contribution in [0.5, 0.6) is 40.2 Å². The number of aliphatic hydroxyl groups is 6. The fraction of sp³-hybridized carbons (Fsp3) is 0.385. The molecule has 318 valence electrons. The van der Waals surface area contributed by atoms with Crippen LogP contribution < -0.4 is 24.4 Å². The van der Waals surface area contributed by atoms with Crippen molar-refractivity contribution in [3.8, 4) is 62.9 Å². The third-order valence-corrected chi connectivity index (χ3v) is 9.56. The van der Waals surface area contributed by atoms with Crippen LogP contribution in [0.4, 0.5) is 0 Å². The summed E-state index contributed by atoms with van der Waals surface area (Å²) in [5, 5.41) is 95.2. The molecule has 2 fully saturated rings. The van der Waals surface area contributed by atoms with Crippen LogP contribution in [-0.2, 0) is 23.7 Å². The Bertz CT molecular complexity index is 2140. The van der Waals surface area contributed by atoms with E-state index in [0.717, 1.165) is 18.2 Å². The monoisotopic (exact) mass is 830 g/mol. The highest BCUT2D eigenvalue weighted by Gasteiger charge is 2.48. The Labute approximate surface area is 334 Å². The van der Waals surface area contributed by atoms with Crippen LogP contribution in [0.3, 0.4) is 0 Å². The van der Waals surface area contributed by atoms with Crippen molar-refractivity contribution in [2.24, 2.45) is 0 Å². The number of carbonyl (C=O) groups excluding carboxylic acids is 1. The summed E-state index contributed by atoms with van der Waals surface area (Å²) in [6, 6.07) is 10.3. The average molecular weight is 831 g/mol. The molecular formula is C39H42O20. The van der Waals surface area contributed by atoms with E-state index in [0.29, 0.717) is 5.56 Å². The smallest absolute Gasteiger partial charge is 0.330 e. The summed E-state index contributed by atoms with van der Waals surface area (Å²) in [6.07, 6.45) is -15.2. The van der Waals surface area contributed by atoms with Crippen LogP contribution in [0.2, 0.25) is 0 Å². The molecule has 0 aromatic heterocycles. The lowest BCUT2D eigenvalue weighted by atomic mass is 9.98. The van der Waals surface area contributed by atoms with Crippen molar-refractivity contribution < 1.29 is 93.1 Å². The molecule has 0 saturated carbocycles. The molecule has 2 aromatic carbocycles. The van der Waals surface area contributed by atoms with Gasteiger partial charge < -0.3 is 88.3 Å². The molecular weight excluding hydrogens is 788 g/mol. The van der Waals surface area contributed by atoms with Gasteiger partial charge in [-0.15, -0.1) is 0 Å². The van der Waals surface area contributed by atoms with E-state index in [-0.39, 0.29) is 57.1 Å². The molecule has 0 radical (unpaired) electrons. The van der Waals surface area contributed by atoms with Gasteiger partial charge in [0.25, 0.3) is 0 Å². The second-order valence-electron chi connectivity index (χ2n) is 13.4. The molecule has 10 atom stereocenters. The Morgan fingerprint density at radius 2 is 1.29 bits per heavy atom. The zero-order valence-electron chi connectivity index (χ0n) is 31.5. The molecule has 20 heteroatoms. The lowest BCUT2D eigenvalue weighted by Crippen LogP contribution is -2.62. The number of phenolic OH excluding ortho intramolecular Hbond substituents is 3. The Hall–Kier alpha value is -5.68. The molecule has 4 aliphatic rings. The summed E-state index contributed by atoms with van der Waals surface area (Å²) in [5.41, 5.74) is 0.0726. The average Bonchev–Trinajstić information content (AvgIpc) is 3.22. The van der Waals surface area contributed by atoms with Gasteiger partial charge in [-0.25, -0.2) is 4.79 Å². The lowest BCUT2D eigenvalue weighted by Gasteiger charge is -2.42. The molecule has 3 aliphatic heterocycles. The molecule has 20 nitrogen and oxygen atoms in total. The first-order valence-corrected chi connectivity index (χ1v) is 17.8. The maximum Gasteiger partial charge on any atom is 0.330 e. The van der Waals surface area contributed by atoms with Crippen molar-refractivity contribution in [3.63, 3.8) is 0 Å². The fourth-order valence-corrected chi connectivity index (χ4v) is 6.33. The second-order valence-corrected chi connectivity index (χ2v) is 13.4. The Balaban J connectivity index is 1.15. The summed E-state index contributed by atoms with van der Waals surface area (Å²) < 4.78 is 49.5. The van der Waals surface area contributed by atoms with Crippen LogP contribution in [-0.4, -0.2) is 148 Å². The minimum absolute atomic E-state index is 0.0129. The van der Waals surface area contributed by atoms with Gasteiger partial charge in [0.2, 0.25) is 12.0 Å². The van der Waals surface area contributed by atoms with E-state index < -0.39 is 91.8 Å². The van der Waals surface area contributed by atoms with Crippen molar-refractivity contribution in [3.05, 3.63) is 70.4 Å². The van der Waals surface area contributed by atoms with Gasteiger partial charge in [0.1, 0.15) is 66.9 Å². The van der Waals surface area contributed by atoms with Gasteiger partial charge in [-0.05, 0) is 48.0 Å². The van der Waals surface area contributed by atoms with Crippen LogP contribution in [0.1, 0.15) is 5.56 Å². The maximum atomic E-state index is 12.5. The number of methoxy groups -OCH3 is 3. The topological polar surface area (TPSA) is 303 Å². The van der Waals surface area contributed by atoms with Crippen LogP contribution in [0.25, 0.3) is 28.7 Å². The molecule has 0 bridgehead atoms. The first-order valence-electron chi connectivity index (χ1n) is 17.8. The van der Waals surface area contributed by atoms with Gasteiger partial charge in [-0.2, -0.15) is 0 Å². The number of benzene rings is 3. The van der Waals surface area contributed by atoms with E-state index in [1.165, 1.54) is 63.8 Å². The van der Waals surface area contributed by atoms with Gasteiger partial charge in [0.05, 0.1) is 33.5 Å². The SMILES string of the molecule is COc1cc(-c2oc3cc(=O)cc(O)c-3cc2O[C@@H]2O[C@H](CO[C@@H]3O[C@H](COC(=O)C=Cc4cc(OC)c(O)c(OC)c4)[C@@H](O)[C@H](O)[C@H]3O)[C@@H](O)[C@H](O)[C@H]2O)ccc1O. The minimum atomic E-state index is -1.91. The number of carbonyl (C=O) groups is 1. The molecule has 1 aliphatic carbocycles. The second kappa shape index (κ2) is 18.1.